The molecule has 10 heteroatoms. The molecule has 0 spiro atoms. The molecule has 0 aliphatic heterocycles. The molecule has 0 saturated carbocycles. The fourth-order valence-electron chi connectivity index (χ4n) is 3.14. The summed E-state index contributed by atoms with van der Waals surface area (Å²) in [7, 11) is 0. The average Bonchev–Trinajstić information content (AvgIpc) is 3.31. The number of carbonyl (C=O) groups is 2. The van der Waals surface area contributed by atoms with Gasteiger partial charge in [-0.15, -0.1) is 10.2 Å². The molecule has 1 aromatic heterocycles. The molecule has 0 bridgehead atoms. The lowest BCUT2D eigenvalue weighted by molar-refractivity contribution is -0.137. The van der Waals surface area contributed by atoms with Crippen molar-refractivity contribution in [2.24, 2.45) is 0 Å². The first-order chi connectivity index (χ1) is 17.0. The number of urea groups is 1. The van der Waals surface area contributed by atoms with Gasteiger partial charge in [0.05, 0.1) is 5.69 Å². The number of rotatable bonds is 9. The Hall–Kier alpha value is -3.95. The Morgan fingerprint density at radius 3 is 2.49 bits per heavy atom. The zero-order valence-corrected chi connectivity index (χ0v) is 20.0. The SMILES string of the molecule is O=C(O)CCCc1nnc(-c2ccc(NC(=O)Nc3ccc(Cl)cc3Oc3ccccc3)cc2)s1. The summed E-state index contributed by atoms with van der Waals surface area (Å²) in [4.78, 5) is 23.3. The van der Waals surface area contributed by atoms with Crippen molar-refractivity contribution < 1.29 is 19.4 Å². The third-order valence-corrected chi connectivity index (χ3v) is 6.07. The Labute approximate surface area is 210 Å². The van der Waals surface area contributed by atoms with Crippen LogP contribution in [0.15, 0.2) is 72.8 Å². The number of nitrogens with one attached hydrogen (secondary N) is 2. The molecule has 3 aromatic carbocycles. The van der Waals surface area contributed by atoms with Crippen LogP contribution in [-0.2, 0) is 11.2 Å². The molecule has 0 unspecified atom stereocenters. The molecular weight excluding hydrogens is 488 g/mol. The number of benzene rings is 3. The predicted molar refractivity (Wildman–Crippen MR) is 137 cm³/mol. The van der Waals surface area contributed by atoms with E-state index in [0.29, 0.717) is 40.7 Å². The van der Waals surface area contributed by atoms with E-state index >= 15 is 0 Å². The van der Waals surface area contributed by atoms with Gasteiger partial charge < -0.3 is 20.5 Å². The van der Waals surface area contributed by atoms with E-state index in [-0.39, 0.29) is 6.42 Å². The molecule has 4 aromatic rings. The molecular formula is C25H21ClN4O4S. The summed E-state index contributed by atoms with van der Waals surface area (Å²) in [6, 6.07) is 21.0. The van der Waals surface area contributed by atoms with Crippen LogP contribution in [0.25, 0.3) is 10.6 Å². The Balaban J connectivity index is 1.37. The van der Waals surface area contributed by atoms with E-state index in [1.54, 1.807) is 30.3 Å². The van der Waals surface area contributed by atoms with Crippen LogP contribution in [-0.4, -0.2) is 27.3 Å². The van der Waals surface area contributed by atoms with Gasteiger partial charge in [0, 0.05) is 35.2 Å². The van der Waals surface area contributed by atoms with Crippen molar-refractivity contribution in [3.63, 3.8) is 0 Å². The summed E-state index contributed by atoms with van der Waals surface area (Å²) in [6.07, 6.45) is 1.20. The van der Waals surface area contributed by atoms with Gasteiger partial charge in [-0.3, -0.25) is 4.79 Å². The highest BCUT2D eigenvalue weighted by atomic mass is 35.5. The molecule has 0 aliphatic rings. The number of ether oxygens (including phenoxy) is 1. The van der Waals surface area contributed by atoms with E-state index in [1.807, 2.05) is 42.5 Å². The van der Waals surface area contributed by atoms with E-state index in [4.69, 9.17) is 21.4 Å². The minimum atomic E-state index is -0.821. The van der Waals surface area contributed by atoms with Crippen LogP contribution in [0.3, 0.4) is 0 Å². The Morgan fingerprint density at radius 2 is 1.74 bits per heavy atom. The number of aliphatic carboxylic acids is 1. The van der Waals surface area contributed by atoms with Gasteiger partial charge in [-0.25, -0.2) is 4.79 Å². The molecule has 3 N–H and O–H groups in total. The fourth-order valence-corrected chi connectivity index (χ4v) is 4.19. The number of carboxylic acid groups (broad SMARTS) is 1. The molecule has 0 atom stereocenters. The van der Waals surface area contributed by atoms with Gasteiger partial charge in [0.2, 0.25) is 0 Å². The number of carbonyl (C=O) groups excluding carboxylic acids is 1. The minimum Gasteiger partial charge on any atom is -0.481 e. The smallest absolute Gasteiger partial charge is 0.323 e. The lowest BCUT2D eigenvalue weighted by Gasteiger charge is -2.13. The first kappa shape index (κ1) is 24.2. The van der Waals surface area contributed by atoms with Crippen molar-refractivity contribution >= 4 is 46.3 Å². The first-order valence-electron chi connectivity index (χ1n) is 10.7. The van der Waals surface area contributed by atoms with Crippen molar-refractivity contribution in [1.29, 1.82) is 0 Å². The maximum Gasteiger partial charge on any atom is 0.323 e. The number of anilines is 2. The normalized spacial score (nSPS) is 10.5. The van der Waals surface area contributed by atoms with Crippen LogP contribution >= 0.6 is 22.9 Å². The van der Waals surface area contributed by atoms with Gasteiger partial charge in [0.1, 0.15) is 15.8 Å². The van der Waals surface area contributed by atoms with Gasteiger partial charge in [-0.05, 0) is 55.0 Å². The predicted octanol–water partition coefficient (Wildman–Crippen LogP) is 6.70. The lowest BCUT2D eigenvalue weighted by Crippen LogP contribution is -2.19. The molecule has 0 radical (unpaired) electrons. The van der Waals surface area contributed by atoms with E-state index in [9.17, 15) is 9.59 Å². The number of halogens is 1. The minimum absolute atomic E-state index is 0.104. The summed E-state index contributed by atoms with van der Waals surface area (Å²) in [5.41, 5.74) is 1.92. The maximum atomic E-state index is 12.6. The number of carboxylic acids is 1. The number of amides is 2. The number of hydrogen-bond acceptors (Lipinski definition) is 6. The van der Waals surface area contributed by atoms with Crippen molar-refractivity contribution in [1.82, 2.24) is 10.2 Å². The number of aromatic nitrogens is 2. The number of aryl methyl sites for hydroxylation is 1. The van der Waals surface area contributed by atoms with Crippen LogP contribution in [0.2, 0.25) is 5.02 Å². The average molecular weight is 509 g/mol. The summed E-state index contributed by atoms with van der Waals surface area (Å²) in [5, 5.41) is 24.6. The van der Waals surface area contributed by atoms with E-state index in [0.717, 1.165) is 15.6 Å². The molecule has 178 valence electrons. The lowest BCUT2D eigenvalue weighted by atomic mass is 10.2. The van der Waals surface area contributed by atoms with E-state index in [1.165, 1.54) is 11.3 Å². The van der Waals surface area contributed by atoms with Gasteiger partial charge in [0.15, 0.2) is 5.75 Å². The summed E-state index contributed by atoms with van der Waals surface area (Å²) in [6.45, 7) is 0. The van der Waals surface area contributed by atoms with Gasteiger partial charge in [0.25, 0.3) is 0 Å². The van der Waals surface area contributed by atoms with Crippen LogP contribution in [0.1, 0.15) is 17.8 Å². The zero-order valence-electron chi connectivity index (χ0n) is 18.4. The second-order valence-electron chi connectivity index (χ2n) is 7.46. The first-order valence-corrected chi connectivity index (χ1v) is 11.9. The van der Waals surface area contributed by atoms with Gasteiger partial charge in [-0.1, -0.05) is 41.1 Å². The Bertz CT molecular complexity index is 1310. The van der Waals surface area contributed by atoms with E-state index < -0.39 is 12.0 Å². The van der Waals surface area contributed by atoms with Crippen LogP contribution < -0.4 is 15.4 Å². The van der Waals surface area contributed by atoms with Crippen molar-refractivity contribution in [3.05, 3.63) is 82.8 Å². The number of nitrogens with zero attached hydrogens (tertiary/aromatic N) is 2. The van der Waals surface area contributed by atoms with Crippen LogP contribution in [0.4, 0.5) is 16.2 Å². The van der Waals surface area contributed by atoms with Crippen LogP contribution in [0.5, 0.6) is 11.5 Å². The molecule has 0 saturated heterocycles. The molecule has 0 aliphatic carbocycles. The number of hydrogen-bond donors (Lipinski definition) is 3. The van der Waals surface area contributed by atoms with Crippen molar-refractivity contribution in [2.75, 3.05) is 10.6 Å². The maximum absolute atomic E-state index is 12.6. The topological polar surface area (TPSA) is 113 Å². The summed E-state index contributed by atoms with van der Waals surface area (Å²) in [5.74, 6) is 0.220. The molecule has 35 heavy (non-hydrogen) atoms. The highest BCUT2D eigenvalue weighted by Crippen LogP contribution is 2.32. The van der Waals surface area contributed by atoms with Crippen LogP contribution in [0, 0.1) is 0 Å². The van der Waals surface area contributed by atoms with E-state index in [2.05, 4.69) is 20.8 Å². The Kier molecular flexibility index (Phi) is 7.92. The summed E-state index contributed by atoms with van der Waals surface area (Å²) < 4.78 is 5.88. The standard InChI is InChI=1S/C25H21ClN4O4S/c26-17-11-14-20(21(15-17)34-19-5-2-1-3-6-19)28-25(33)27-18-12-9-16(10-13-18)24-30-29-22(35-24)7-4-8-23(31)32/h1-3,5-6,9-15H,4,7-8H2,(H,31,32)(H2,27,28,33). The molecule has 8 nitrogen and oxygen atoms in total. The quantitative estimate of drug-likeness (QED) is 0.232. The second-order valence-corrected chi connectivity index (χ2v) is 8.96. The molecule has 2 amide bonds. The summed E-state index contributed by atoms with van der Waals surface area (Å²) >= 11 is 7.54. The zero-order chi connectivity index (χ0) is 24.6. The molecule has 0 fully saturated rings. The largest absolute Gasteiger partial charge is 0.481 e. The van der Waals surface area contributed by atoms with Gasteiger partial charge in [-0.2, -0.15) is 0 Å². The third-order valence-electron chi connectivity index (χ3n) is 4.80. The van der Waals surface area contributed by atoms with Crippen molar-refractivity contribution in [3.8, 4) is 22.1 Å². The highest BCUT2D eigenvalue weighted by molar-refractivity contribution is 7.14. The number of para-hydroxylation sites is 1. The fraction of sp³-hybridized carbons (Fsp3) is 0.120. The van der Waals surface area contributed by atoms with Crippen molar-refractivity contribution in [2.45, 2.75) is 19.3 Å². The monoisotopic (exact) mass is 508 g/mol. The molecule has 4 rings (SSSR count). The highest BCUT2D eigenvalue weighted by Gasteiger charge is 2.12. The second kappa shape index (κ2) is 11.5. The Morgan fingerprint density at radius 1 is 0.971 bits per heavy atom. The van der Waals surface area contributed by atoms with Gasteiger partial charge >= 0.3 is 12.0 Å². The third kappa shape index (κ3) is 7.02. The molecule has 1 heterocycles.